The number of hydrogen-bond donors (Lipinski definition) is 1. The molecule has 7 nitrogen and oxygen atoms in total. The van der Waals surface area contributed by atoms with Crippen molar-refractivity contribution >= 4 is 34.5 Å². The van der Waals surface area contributed by atoms with E-state index in [4.69, 9.17) is 21.3 Å². The zero-order valence-electron chi connectivity index (χ0n) is 17.6. The maximum absolute atomic E-state index is 13.2. The second-order valence-electron chi connectivity index (χ2n) is 7.73. The molecule has 0 radical (unpaired) electrons. The molecular formula is C23H25ClN4O3. The summed E-state index contributed by atoms with van der Waals surface area (Å²) in [5.41, 5.74) is 2.90. The molecule has 0 spiro atoms. The SMILES string of the molecule is CCCOC(=O)N1CCN(C(=O)c2ccc3c(Cl)cc(-c4cc[nH]c4)nc3c2)C(C)C1. The molecular weight excluding hydrogens is 416 g/mol. The van der Waals surface area contributed by atoms with Crippen LogP contribution in [0.3, 0.4) is 0 Å². The van der Waals surface area contributed by atoms with Crippen molar-refractivity contribution < 1.29 is 14.3 Å². The fraction of sp³-hybridized carbons (Fsp3) is 0.348. The number of piperazine rings is 1. The van der Waals surface area contributed by atoms with E-state index in [1.54, 1.807) is 21.9 Å². The Labute approximate surface area is 186 Å². The first kappa shape index (κ1) is 21.2. The van der Waals surface area contributed by atoms with Crippen LogP contribution in [-0.4, -0.2) is 64.1 Å². The highest BCUT2D eigenvalue weighted by Gasteiger charge is 2.31. The first-order valence-electron chi connectivity index (χ1n) is 10.4. The van der Waals surface area contributed by atoms with Crippen molar-refractivity contribution in [2.75, 3.05) is 26.2 Å². The molecule has 1 unspecified atom stereocenters. The maximum atomic E-state index is 13.2. The molecule has 162 valence electrons. The monoisotopic (exact) mass is 440 g/mol. The van der Waals surface area contributed by atoms with Crippen LogP contribution in [0.4, 0.5) is 4.79 Å². The number of amides is 2. The van der Waals surface area contributed by atoms with Crippen LogP contribution in [0.1, 0.15) is 30.6 Å². The number of hydrogen-bond acceptors (Lipinski definition) is 4. The van der Waals surface area contributed by atoms with Gasteiger partial charge in [-0.25, -0.2) is 9.78 Å². The van der Waals surface area contributed by atoms with Gasteiger partial charge >= 0.3 is 6.09 Å². The summed E-state index contributed by atoms with van der Waals surface area (Å²) in [6.07, 6.45) is 4.15. The topological polar surface area (TPSA) is 78.5 Å². The first-order chi connectivity index (χ1) is 15.0. The van der Waals surface area contributed by atoms with E-state index in [2.05, 4.69) is 4.98 Å². The minimum absolute atomic E-state index is 0.0825. The van der Waals surface area contributed by atoms with E-state index >= 15 is 0 Å². The van der Waals surface area contributed by atoms with Crippen LogP contribution in [0, 0.1) is 0 Å². The van der Waals surface area contributed by atoms with Crippen LogP contribution in [-0.2, 0) is 4.74 Å². The van der Waals surface area contributed by atoms with Gasteiger partial charge in [0.2, 0.25) is 0 Å². The van der Waals surface area contributed by atoms with Crippen molar-refractivity contribution in [2.24, 2.45) is 0 Å². The molecule has 1 aliphatic heterocycles. The van der Waals surface area contributed by atoms with Gasteiger partial charge in [0.15, 0.2) is 0 Å². The molecule has 4 rings (SSSR count). The molecule has 2 amide bonds. The molecule has 0 saturated carbocycles. The minimum Gasteiger partial charge on any atom is -0.449 e. The average molecular weight is 441 g/mol. The predicted octanol–water partition coefficient (Wildman–Crippen LogP) is 4.58. The van der Waals surface area contributed by atoms with E-state index in [1.165, 1.54) is 0 Å². The molecule has 0 bridgehead atoms. The van der Waals surface area contributed by atoms with E-state index < -0.39 is 0 Å². The number of pyridine rings is 1. The summed E-state index contributed by atoms with van der Waals surface area (Å²) in [6.45, 7) is 5.66. The Hall–Kier alpha value is -3.06. The molecule has 1 aliphatic rings. The van der Waals surface area contributed by atoms with Gasteiger partial charge in [-0.05, 0) is 37.6 Å². The highest BCUT2D eigenvalue weighted by Crippen LogP contribution is 2.29. The molecule has 3 aromatic rings. The normalized spacial score (nSPS) is 16.5. The molecule has 8 heteroatoms. The van der Waals surface area contributed by atoms with Gasteiger partial charge in [0, 0.05) is 54.6 Å². The Morgan fingerprint density at radius 2 is 2.10 bits per heavy atom. The van der Waals surface area contributed by atoms with E-state index in [0.29, 0.717) is 42.3 Å². The van der Waals surface area contributed by atoms with Gasteiger partial charge in [-0.3, -0.25) is 4.79 Å². The van der Waals surface area contributed by atoms with Crippen LogP contribution < -0.4 is 0 Å². The zero-order valence-corrected chi connectivity index (χ0v) is 18.4. The van der Waals surface area contributed by atoms with Crippen molar-refractivity contribution in [1.82, 2.24) is 19.8 Å². The number of carbonyl (C=O) groups is 2. The summed E-state index contributed by atoms with van der Waals surface area (Å²) in [4.78, 5) is 36.5. The second-order valence-corrected chi connectivity index (χ2v) is 8.14. The summed E-state index contributed by atoms with van der Waals surface area (Å²) < 4.78 is 5.22. The number of ether oxygens (including phenoxy) is 1. The van der Waals surface area contributed by atoms with Gasteiger partial charge in [-0.15, -0.1) is 0 Å². The van der Waals surface area contributed by atoms with Gasteiger partial charge < -0.3 is 19.5 Å². The molecule has 1 atom stereocenters. The van der Waals surface area contributed by atoms with Crippen LogP contribution in [0.25, 0.3) is 22.2 Å². The predicted molar refractivity (Wildman–Crippen MR) is 120 cm³/mol. The van der Waals surface area contributed by atoms with E-state index in [1.807, 2.05) is 44.4 Å². The summed E-state index contributed by atoms with van der Waals surface area (Å²) in [5.74, 6) is -0.0825. The number of fused-ring (bicyclic) bond motifs is 1. The van der Waals surface area contributed by atoms with Gasteiger partial charge in [0.25, 0.3) is 5.91 Å². The van der Waals surface area contributed by atoms with Gasteiger partial charge in [0.1, 0.15) is 0 Å². The Bertz CT molecular complexity index is 1100. The molecule has 31 heavy (non-hydrogen) atoms. The van der Waals surface area contributed by atoms with Crippen LogP contribution in [0.15, 0.2) is 42.7 Å². The van der Waals surface area contributed by atoms with Crippen molar-refractivity contribution in [3.05, 3.63) is 53.3 Å². The largest absolute Gasteiger partial charge is 0.449 e. The number of rotatable bonds is 4. The summed E-state index contributed by atoms with van der Waals surface area (Å²) >= 11 is 6.47. The molecule has 1 fully saturated rings. The summed E-state index contributed by atoms with van der Waals surface area (Å²) in [7, 11) is 0. The third-order valence-corrected chi connectivity index (χ3v) is 5.79. The maximum Gasteiger partial charge on any atom is 0.409 e. The molecule has 0 aliphatic carbocycles. The Balaban J connectivity index is 1.54. The van der Waals surface area contributed by atoms with Crippen molar-refractivity contribution in [3.8, 4) is 11.3 Å². The number of H-pyrrole nitrogens is 1. The number of benzene rings is 1. The minimum atomic E-state index is -0.317. The van der Waals surface area contributed by atoms with Crippen molar-refractivity contribution in [2.45, 2.75) is 26.3 Å². The van der Waals surface area contributed by atoms with Crippen LogP contribution in [0.2, 0.25) is 5.02 Å². The zero-order chi connectivity index (χ0) is 22.0. The lowest BCUT2D eigenvalue weighted by Crippen LogP contribution is -2.55. The number of carbonyl (C=O) groups excluding carboxylic acids is 2. The number of nitrogens with zero attached hydrogens (tertiary/aromatic N) is 3. The van der Waals surface area contributed by atoms with E-state index in [9.17, 15) is 9.59 Å². The van der Waals surface area contributed by atoms with Gasteiger partial charge in [-0.1, -0.05) is 24.6 Å². The lowest BCUT2D eigenvalue weighted by Gasteiger charge is -2.39. The number of aromatic amines is 1. The molecule has 1 N–H and O–H groups in total. The van der Waals surface area contributed by atoms with E-state index in [0.717, 1.165) is 23.1 Å². The number of halogens is 1. The Kier molecular flexibility index (Phi) is 6.13. The summed E-state index contributed by atoms with van der Waals surface area (Å²) in [5, 5.41) is 1.39. The fourth-order valence-electron chi connectivity index (χ4n) is 3.82. The van der Waals surface area contributed by atoms with Crippen molar-refractivity contribution in [3.63, 3.8) is 0 Å². The highest BCUT2D eigenvalue weighted by atomic mass is 35.5. The Morgan fingerprint density at radius 1 is 1.26 bits per heavy atom. The van der Waals surface area contributed by atoms with Crippen LogP contribution >= 0.6 is 11.6 Å². The second kappa shape index (κ2) is 8.98. The third kappa shape index (κ3) is 4.37. The van der Waals surface area contributed by atoms with E-state index in [-0.39, 0.29) is 18.0 Å². The van der Waals surface area contributed by atoms with Crippen molar-refractivity contribution in [1.29, 1.82) is 0 Å². The quantitative estimate of drug-likeness (QED) is 0.644. The molecule has 3 heterocycles. The molecule has 1 aromatic carbocycles. The molecule has 2 aromatic heterocycles. The highest BCUT2D eigenvalue weighted by molar-refractivity contribution is 6.35. The summed E-state index contributed by atoms with van der Waals surface area (Å²) in [6, 6.07) is 9.03. The average Bonchev–Trinajstić information content (AvgIpc) is 3.31. The molecule has 1 saturated heterocycles. The van der Waals surface area contributed by atoms with Crippen LogP contribution in [0.5, 0.6) is 0 Å². The number of nitrogens with one attached hydrogen (secondary N) is 1. The first-order valence-corrected chi connectivity index (χ1v) is 10.8. The lowest BCUT2D eigenvalue weighted by atomic mass is 10.1. The smallest absolute Gasteiger partial charge is 0.409 e. The Morgan fingerprint density at radius 3 is 2.81 bits per heavy atom. The van der Waals surface area contributed by atoms with Gasteiger partial charge in [-0.2, -0.15) is 0 Å². The number of aromatic nitrogens is 2. The fourth-order valence-corrected chi connectivity index (χ4v) is 4.08. The lowest BCUT2D eigenvalue weighted by molar-refractivity contribution is 0.0414. The standard InChI is InChI=1S/C23H25ClN4O3/c1-3-10-31-23(30)27-8-9-28(15(2)14-27)22(29)16-4-5-18-19(24)12-20(26-21(18)11-16)17-6-7-25-13-17/h4-7,11-13,15,25H,3,8-10,14H2,1-2H3. The third-order valence-electron chi connectivity index (χ3n) is 5.48. The van der Waals surface area contributed by atoms with Gasteiger partial charge in [0.05, 0.1) is 22.8 Å².